The van der Waals surface area contributed by atoms with Crippen molar-refractivity contribution in [2.45, 2.75) is 6.92 Å². The molecule has 1 aromatic heterocycles. The van der Waals surface area contributed by atoms with E-state index in [1.54, 1.807) is 11.6 Å². The van der Waals surface area contributed by atoms with E-state index in [1.165, 1.54) is 10.8 Å². The van der Waals surface area contributed by atoms with Gasteiger partial charge in [-0.1, -0.05) is 48.5 Å². The largest absolute Gasteiger partial charge is 0.382 e. The lowest BCUT2D eigenvalue weighted by molar-refractivity contribution is 0.872. The van der Waals surface area contributed by atoms with Crippen LogP contribution in [0.5, 0.6) is 0 Å². The first-order valence-electron chi connectivity index (χ1n) is 8.02. The van der Waals surface area contributed by atoms with Crippen molar-refractivity contribution in [3.63, 3.8) is 0 Å². The Morgan fingerprint density at radius 1 is 0.920 bits per heavy atom. The van der Waals surface area contributed by atoms with Gasteiger partial charge in [-0.2, -0.15) is 10.4 Å². The van der Waals surface area contributed by atoms with Crippen LogP contribution in [0, 0.1) is 18.3 Å². The van der Waals surface area contributed by atoms with Gasteiger partial charge in [0.05, 0.1) is 11.4 Å². The van der Waals surface area contributed by atoms with Gasteiger partial charge >= 0.3 is 0 Å². The molecule has 0 amide bonds. The van der Waals surface area contributed by atoms with E-state index >= 15 is 0 Å². The Hall–Kier alpha value is -3.58. The second kappa shape index (κ2) is 5.81. The van der Waals surface area contributed by atoms with Gasteiger partial charge in [0, 0.05) is 0 Å². The number of hydrogen-bond donors (Lipinski definition) is 1. The number of nitrogens with zero attached hydrogens (tertiary/aromatic N) is 3. The van der Waals surface area contributed by atoms with Gasteiger partial charge in [-0.15, -0.1) is 0 Å². The average Bonchev–Trinajstić information content (AvgIpc) is 2.95. The van der Waals surface area contributed by atoms with E-state index in [4.69, 9.17) is 5.73 Å². The van der Waals surface area contributed by atoms with Crippen molar-refractivity contribution < 1.29 is 0 Å². The van der Waals surface area contributed by atoms with Crippen LogP contribution in [-0.2, 0) is 0 Å². The molecular weight excluding hydrogens is 308 g/mol. The molecule has 0 unspecified atom stereocenters. The monoisotopic (exact) mass is 324 g/mol. The van der Waals surface area contributed by atoms with Crippen LogP contribution < -0.4 is 5.73 Å². The predicted molar refractivity (Wildman–Crippen MR) is 100 cm³/mol. The van der Waals surface area contributed by atoms with Crippen molar-refractivity contribution in [2.24, 2.45) is 0 Å². The third-order valence-corrected chi connectivity index (χ3v) is 4.38. The van der Waals surface area contributed by atoms with Crippen LogP contribution in [0.2, 0.25) is 0 Å². The minimum atomic E-state index is 0.371. The third-order valence-electron chi connectivity index (χ3n) is 4.38. The number of benzene rings is 3. The topological polar surface area (TPSA) is 67.6 Å². The Morgan fingerprint density at radius 3 is 2.44 bits per heavy atom. The van der Waals surface area contributed by atoms with E-state index in [9.17, 15) is 5.26 Å². The molecule has 0 saturated heterocycles. The van der Waals surface area contributed by atoms with Crippen LogP contribution in [-0.4, -0.2) is 9.78 Å². The minimum Gasteiger partial charge on any atom is -0.382 e. The molecule has 120 valence electrons. The van der Waals surface area contributed by atoms with Crippen molar-refractivity contribution in [3.8, 4) is 22.9 Å². The van der Waals surface area contributed by atoms with Gasteiger partial charge in [-0.25, -0.2) is 4.68 Å². The molecule has 4 rings (SSSR count). The zero-order chi connectivity index (χ0) is 17.4. The van der Waals surface area contributed by atoms with Gasteiger partial charge in [0.2, 0.25) is 0 Å². The van der Waals surface area contributed by atoms with Gasteiger partial charge in [0.15, 0.2) is 0 Å². The summed E-state index contributed by atoms with van der Waals surface area (Å²) in [4.78, 5) is 0. The normalized spacial score (nSPS) is 10.7. The van der Waals surface area contributed by atoms with E-state index in [2.05, 4.69) is 47.6 Å². The van der Waals surface area contributed by atoms with Crippen LogP contribution in [0.15, 0.2) is 66.7 Å². The zero-order valence-electron chi connectivity index (χ0n) is 13.8. The highest BCUT2D eigenvalue weighted by Gasteiger charge is 2.13. The molecule has 2 N–H and O–H groups in total. The Balaban J connectivity index is 1.83. The molecular formula is C21H16N4. The fraction of sp³-hybridized carbons (Fsp3) is 0.0476. The summed E-state index contributed by atoms with van der Waals surface area (Å²) in [5.41, 5.74) is 10.2. The van der Waals surface area contributed by atoms with Gasteiger partial charge in [0.1, 0.15) is 17.5 Å². The Morgan fingerprint density at radius 2 is 1.68 bits per heavy atom. The summed E-state index contributed by atoms with van der Waals surface area (Å²) < 4.78 is 1.62. The van der Waals surface area contributed by atoms with Gasteiger partial charge in [-0.05, 0) is 47.0 Å². The van der Waals surface area contributed by atoms with E-state index in [0.717, 1.165) is 16.8 Å². The second-order valence-corrected chi connectivity index (χ2v) is 5.98. The summed E-state index contributed by atoms with van der Waals surface area (Å²) >= 11 is 0. The molecule has 0 radical (unpaired) electrons. The molecule has 0 spiro atoms. The summed E-state index contributed by atoms with van der Waals surface area (Å²) in [7, 11) is 0. The smallest absolute Gasteiger partial charge is 0.145 e. The summed E-state index contributed by atoms with van der Waals surface area (Å²) in [6.45, 7) is 1.79. The standard InChI is InChI=1S/C21H16N4/c1-14-20(13-22)21(23)25(24-14)19-8-4-7-17(12-19)18-10-9-15-5-2-3-6-16(15)11-18/h2-12H,23H2,1H3. The number of rotatable bonds is 2. The van der Waals surface area contributed by atoms with Gasteiger partial charge < -0.3 is 5.73 Å². The molecule has 3 aromatic carbocycles. The molecule has 0 atom stereocenters. The molecule has 0 saturated carbocycles. The SMILES string of the molecule is Cc1nn(-c2cccc(-c3ccc4ccccc4c3)c2)c(N)c1C#N. The summed E-state index contributed by atoms with van der Waals surface area (Å²) in [6.07, 6.45) is 0. The van der Waals surface area contributed by atoms with Crippen LogP contribution in [0.3, 0.4) is 0 Å². The molecule has 0 fully saturated rings. The molecule has 0 aliphatic heterocycles. The number of hydrogen-bond acceptors (Lipinski definition) is 3. The lowest BCUT2D eigenvalue weighted by atomic mass is 10.0. The molecule has 4 nitrogen and oxygen atoms in total. The number of aryl methyl sites for hydroxylation is 1. The van der Waals surface area contributed by atoms with Gasteiger partial charge in [0.25, 0.3) is 0 Å². The molecule has 1 heterocycles. The van der Waals surface area contributed by atoms with E-state index in [-0.39, 0.29) is 0 Å². The first kappa shape index (κ1) is 15.0. The van der Waals surface area contributed by atoms with Crippen LogP contribution in [0.25, 0.3) is 27.6 Å². The summed E-state index contributed by atoms with van der Waals surface area (Å²) in [5, 5.41) is 16.0. The molecule has 0 bridgehead atoms. The lowest BCUT2D eigenvalue weighted by Gasteiger charge is -2.08. The lowest BCUT2D eigenvalue weighted by Crippen LogP contribution is -2.02. The van der Waals surface area contributed by atoms with Crippen molar-refractivity contribution in [2.75, 3.05) is 5.73 Å². The van der Waals surface area contributed by atoms with E-state index in [1.807, 2.05) is 30.3 Å². The molecule has 0 aliphatic rings. The van der Waals surface area contributed by atoms with Crippen LogP contribution in [0.1, 0.15) is 11.3 Å². The number of nitrogens with two attached hydrogens (primary N) is 1. The first-order chi connectivity index (χ1) is 12.2. The number of aromatic nitrogens is 2. The van der Waals surface area contributed by atoms with Crippen molar-refractivity contribution in [1.29, 1.82) is 5.26 Å². The zero-order valence-corrected chi connectivity index (χ0v) is 13.8. The molecule has 0 aliphatic carbocycles. The van der Waals surface area contributed by atoms with Crippen LogP contribution in [0.4, 0.5) is 5.82 Å². The van der Waals surface area contributed by atoms with E-state index < -0.39 is 0 Å². The highest BCUT2D eigenvalue weighted by Crippen LogP contribution is 2.27. The maximum absolute atomic E-state index is 9.21. The number of anilines is 1. The molecule has 4 aromatic rings. The van der Waals surface area contributed by atoms with Gasteiger partial charge in [-0.3, -0.25) is 0 Å². The highest BCUT2D eigenvalue weighted by atomic mass is 15.3. The fourth-order valence-corrected chi connectivity index (χ4v) is 3.07. The number of nitriles is 1. The second-order valence-electron chi connectivity index (χ2n) is 5.98. The molecule has 4 heteroatoms. The van der Waals surface area contributed by atoms with Crippen molar-refractivity contribution in [3.05, 3.63) is 78.0 Å². The minimum absolute atomic E-state index is 0.371. The Labute approximate surface area is 145 Å². The first-order valence-corrected chi connectivity index (χ1v) is 8.02. The number of fused-ring (bicyclic) bond motifs is 1. The quantitative estimate of drug-likeness (QED) is 0.592. The molecule has 25 heavy (non-hydrogen) atoms. The highest BCUT2D eigenvalue weighted by molar-refractivity contribution is 5.87. The number of nitrogen functional groups attached to an aromatic ring is 1. The predicted octanol–water partition coefficient (Wildman–Crippen LogP) is 4.45. The van der Waals surface area contributed by atoms with Crippen molar-refractivity contribution >= 4 is 16.6 Å². The maximum Gasteiger partial charge on any atom is 0.145 e. The average molecular weight is 324 g/mol. The summed E-state index contributed by atoms with van der Waals surface area (Å²) in [5.74, 6) is 0.371. The Bertz CT molecular complexity index is 1130. The third kappa shape index (κ3) is 2.52. The fourth-order valence-electron chi connectivity index (χ4n) is 3.07. The van der Waals surface area contributed by atoms with Crippen molar-refractivity contribution in [1.82, 2.24) is 9.78 Å². The summed E-state index contributed by atoms with van der Waals surface area (Å²) in [6, 6.07) is 24.8. The van der Waals surface area contributed by atoms with Crippen LogP contribution >= 0.6 is 0 Å². The maximum atomic E-state index is 9.21. The Kier molecular flexibility index (Phi) is 3.48. The van der Waals surface area contributed by atoms with E-state index in [0.29, 0.717) is 17.1 Å².